The van der Waals surface area contributed by atoms with Gasteiger partial charge in [0.2, 0.25) is 0 Å². The average Bonchev–Trinajstić information content (AvgIpc) is 2.19. The highest BCUT2D eigenvalue weighted by molar-refractivity contribution is 4.80. The maximum absolute atomic E-state index is 8.34. The molecule has 0 rings (SSSR count). The number of aliphatic hydroxyl groups is 4. The summed E-state index contributed by atoms with van der Waals surface area (Å²) in [6, 6.07) is 0. The van der Waals surface area contributed by atoms with E-state index in [-0.39, 0.29) is 6.61 Å². The molecule has 0 saturated heterocycles. The molecule has 0 radical (unpaired) electrons. The summed E-state index contributed by atoms with van der Waals surface area (Å²) in [5, 5.41) is 33.0. The van der Waals surface area contributed by atoms with Gasteiger partial charge < -0.3 is 31.9 Å². The van der Waals surface area contributed by atoms with Crippen molar-refractivity contribution >= 4 is 0 Å². The molecule has 0 unspecified atom stereocenters. The summed E-state index contributed by atoms with van der Waals surface area (Å²) >= 11 is 0. The molecule has 0 aromatic heterocycles. The molecule has 0 heterocycles. The van der Waals surface area contributed by atoms with Gasteiger partial charge >= 0.3 is 0 Å². The van der Waals surface area contributed by atoms with Gasteiger partial charge in [-0.05, 0) is 13.0 Å². The van der Waals surface area contributed by atoms with Crippen LogP contribution in [0.2, 0.25) is 0 Å². The van der Waals surface area contributed by atoms with Gasteiger partial charge in [-0.25, -0.2) is 0 Å². The molecule has 82 valence electrons. The first-order chi connectivity index (χ1) is 6.10. The number of hydrogen-bond acceptors (Lipinski definition) is 6. The van der Waals surface area contributed by atoms with Gasteiger partial charge in [0.25, 0.3) is 0 Å². The molecule has 0 bridgehead atoms. The van der Waals surface area contributed by atoms with E-state index in [0.29, 0.717) is 6.54 Å². The topological polar surface area (TPSA) is 133 Å². The van der Waals surface area contributed by atoms with E-state index in [2.05, 4.69) is 0 Å². The van der Waals surface area contributed by atoms with Crippen molar-refractivity contribution in [3.63, 3.8) is 0 Å². The number of rotatable bonds is 5. The minimum absolute atomic E-state index is 0.219. The lowest BCUT2D eigenvalue weighted by Gasteiger charge is -2.20. The second kappa shape index (κ2) is 9.85. The first-order valence-electron chi connectivity index (χ1n) is 4.02. The van der Waals surface area contributed by atoms with E-state index < -0.39 is 25.4 Å². The van der Waals surface area contributed by atoms with Crippen LogP contribution in [0.15, 0.2) is 0 Å². The fourth-order valence-electron chi connectivity index (χ4n) is 0.241. The number of nitrogens with two attached hydrogens (primary N) is 2. The molecule has 6 heteroatoms. The van der Waals surface area contributed by atoms with E-state index in [9.17, 15) is 0 Å². The first-order valence-corrected chi connectivity index (χ1v) is 4.02. The summed E-state index contributed by atoms with van der Waals surface area (Å²) in [5.74, 6) is 0. The number of aliphatic hydroxyl groups excluding tert-OH is 4. The van der Waals surface area contributed by atoms with Gasteiger partial charge in [-0.15, -0.1) is 0 Å². The van der Waals surface area contributed by atoms with Gasteiger partial charge in [0.1, 0.15) is 0 Å². The molecule has 0 saturated carbocycles. The summed E-state index contributed by atoms with van der Waals surface area (Å²) in [6.07, 6.45) is 0.722. The summed E-state index contributed by atoms with van der Waals surface area (Å²) in [7, 11) is 0. The second-order valence-corrected chi connectivity index (χ2v) is 2.70. The largest absolute Gasteiger partial charge is 0.396 e. The molecular weight excluding hydrogens is 176 g/mol. The molecule has 0 fully saturated rings. The zero-order chi connectivity index (χ0) is 10.7. The lowest BCUT2D eigenvalue weighted by Crippen LogP contribution is -2.50. The Balaban J connectivity index is 0. The average molecular weight is 196 g/mol. The van der Waals surface area contributed by atoms with Crippen LogP contribution in [0.3, 0.4) is 0 Å². The molecule has 6 nitrogen and oxygen atoms in total. The highest BCUT2D eigenvalue weighted by Gasteiger charge is 2.20. The van der Waals surface area contributed by atoms with Gasteiger partial charge in [-0.2, -0.15) is 0 Å². The highest BCUT2D eigenvalue weighted by atomic mass is 16.3. The third-order valence-electron chi connectivity index (χ3n) is 1.31. The van der Waals surface area contributed by atoms with Gasteiger partial charge in [-0.3, -0.25) is 0 Å². The summed E-state index contributed by atoms with van der Waals surface area (Å²) in [6.45, 7) is -0.396. The van der Waals surface area contributed by atoms with Crippen molar-refractivity contribution < 1.29 is 20.4 Å². The monoisotopic (exact) mass is 196 g/mol. The summed E-state index contributed by atoms with van der Waals surface area (Å²) < 4.78 is 0. The Labute approximate surface area is 77.8 Å². The van der Waals surface area contributed by atoms with Crippen molar-refractivity contribution in [1.82, 2.24) is 0 Å². The first kappa shape index (κ1) is 15.2. The second-order valence-electron chi connectivity index (χ2n) is 2.70. The smallest absolute Gasteiger partial charge is 0.0856 e. The molecular formula is C7H20N2O4. The molecule has 0 aliphatic rings. The highest BCUT2D eigenvalue weighted by Crippen LogP contribution is 1.93. The van der Waals surface area contributed by atoms with Gasteiger partial charge in [0, 0.05) is 6.61 Å². The van der Waals surface area contributed by atoms with Crippen LogP contribution in [0, 0.1) is 0 Å². The van der Waals surface area contributed by atoms with E-state index in [1.807, 2.05) is 0 Å². The fraction of sp³-hybridized carbons (Fsp3) is 1.00. The summed E-state index contributed by atoms with van der Waals surface area (Å²) in [5.41, 5.74) is 8.92. The molecule has 0 atom stereocenters. The molecule has 0 aromatic carbocycles. The van der Waals surface area contributed by atoms with Crippen LogP contribution < -0.4 is 11.5 Å². The molecule has 0 aliphatic carbocycles. The van der Waals surface area contributed by atoms with E-state index in [1.165, 1.54) is 0 Å². The molecule has 0 amide bonds. The van der Waals surface area contributed by atoms with Crippen LogP contribution in [0.25, 0.3) is 0 Å². The van der Waals surface area contributed by atoms with E-state index >= 15 is 0 Å². The van der Waals surface area contributed by atoms with E-state index in [4.69, 9.17) is 31.9 Å². The van der Waals surface area contributed by atoms with Crippen molar-refractivity contribution in [3.05, 3.63) is 0 Å². The van der Waals surface area contributed by atoms with E-state index in [1.54, 1.807) is 0 Å². The van der Waals surface area contributed by atoms with Crippen molar-refractivity contribution in [3.8, 4) is 0 Å². The minimum atomic E-state index is -1.21. The standard InChI is InChI=1S/C4H11NO3.C3H9NO/c5-4(1-6,2-7)3-8;4-2-1-3-5/h6-8H,1-3,5H2;5H,1-4H2. The summed E-state index contributed by atoms with van der Waals surface area (Å²) in [4.78, 5) is 0. The molecule has 0 spiro atoms. The maximum atomic E-state index is 8.34. The predicted molar refractivity (Wildman–Crippen MR) is 48.9 cm³/mol. The van der Waals surface area contributed by atoms with Crippen LogP contribution in [-0.4, -0.2) is 58.9 Å². The number of hydrogen-bond donors (Lipinski definition) is 6. The SMILES string of the molecule is NC(CO)(CO)CO.NCCCO. The molecule has 8 N–H and O–H groups in total. The van der Waals surface area contributed by atoms with E-state index in [0.717, 1.165) is 6.42 Å². The van der Waals surface area contributed by atoms with Gasteiger partial charge in [0.15, 0.2) is 0 Å². The normalized spacial score (nSPS) is 10.6. The quantitative estimate of drug-likeness (QED) is 0.277. The minimum Gasteiger partial charge on any atom is -0.396 e. The van der Waals surface area contributed by atoms with Crippen molar-refractivity contribution in [1.29, 1.82) is 0 Å². The van der Waals surface area contributed by atoms with Crippen molar-refractivity contribution in [2.45, 2.75) is 12.0 Å². The Morgan fingerprint density at radius 2 is 1.31 bits per heavy atom. The van der Waals surface area contributed by atoms with Crippen LogP contribution >= 0.6 is 0 Å². The Morgan fingerprint density at radius 3 is 1.31 bits per heavy atom. The Morgan fingerprint density at radius 1 is 0.923 bits per heavy atom. The third-order valence-corrected chi connectivity index (χ3v) is 1.31. The lowest BCUT2D eigenvalue weighted by molar-refractivity contribution is 0.0698. The predicted octanol–water partition coefficient (Wildman–Crippen LogP) is -3.01. The fourth-order valence-corrected chi connectivity index (χ4v) is 0.241. The molecule has 0 aromatic rings. The Bertz CT molecular complexity index is 88.2. The Hall–Kier alpha value is -0.240. The van der Waals surface area contributed by atoms with Crippen LogP contribution in [0.4, 0.5) is 0 Å². The van der Waals surface area contributed by atoms with Crippen molar-refractivity contribution in [2.75, 3.05) is 33.0 Å². The van der Waals surface area contributed by atoms with Crippen LogP contribution in [0.5, 0.6) is 0 Å². The van der Waals surface area contributed by atoms with Crippen molar-refractivity contribution in [2.24, 2.45) is 11.5 Å². The third kappa shape index (κ3) is 9.68. The molecule has 0 aliphatic heterocycles. The van der Waals surface area contributed by atoms with Gasteiger partial charge in [0.05, 0.1) is 25.4 Å². The van der Waals surface area contributed by atoms with Crippen LogP contribution in [-0.2, 0) is 0 Å². The van der Waals surface area contributed by atoms with Crippen LogP contribution in [0.1, 0.15) is 6.42 Å². The van der Waals surface area contributed by atoms with Gasteiger partial charge in [-0.1, -0.05) is 0 Å². The Kier molecular flexibility index (Phi) is 11.5. The lowest BCUT2D eigenvalue weighted by atomic mass is 10.1. The zero-order valence-electron chi connectivity index (χ0n) is 7.69. The molecule has 13 heavy (non-hydrogen) atoms. The maximum Gasteiger partial charge on any atom is 0.0856 e. The zero-order valence-corrected chi connectivity index (χ0v) is 7.69.